The summed E-state index contributed by atoms with van der Waals surface area (Å²) in [5.41, 5.74) is 2.07. The number of carbonyl (C=O) groups excluding carboxylic acids is 2. The molecule has 0 radical (unpaired) electrons. The Morgan fingerprint density at radius 2 is 1.80 bits per heavy atom. The molecule has 2 aromatic rings. The van der Waals surface area contributed by atoms with Crippen LogP contribution in [0.25, 0.3) is 0 Å². The van der Waals surface area contributed by atoms with Crippen molar-refractivity contribution in [3.63, 3.8) is 0 Å². The minimum atomic E-state index is -1.10. The minimum absolute atomic E-state index is 0.186. The first-order valence-electron chi connectivity index (χ1n) is 8.10. The Morgan fingerprint density at radius 1 is 1.16 bits per heavy atom. The van der Waals surface area contributed by atoms with Crippen LogP contribution in [0.3, 0.4) is 0 Å². The largest absolute Gasteiger partial charge is 0.352 e. The first-order valence-corrected chi connectivity index (χ1v) is 8.10. The monoisotopic (exact) mass is 336 g/mol. The maximum atomic E-state index is 12.8. The zero-order valence-electron chi connectivity index (χ0n) is 14.5. The summed E-state index contributed by atoms with van der Waals surface area (Å²) < 4.78 is 0. The lowest BCUT2D eigenvalue weighted by Crippen LogP contribution is -2.24. The van der Waals surface area contributed by atoms with E-state index in [0.29, 0.717) is 29.1 Å². The van der Waals surface area contributed by atoms with Crippen molar-refractivity contribution in [2.45, 2.75) is 33.1 Å². The van der Waals surface area contributed by atoms with Crippen molar-refractivity contribution in [3.8, 4) is 6.07 Å². The Labute approximate surface area is 146 Å². The molecule has 0 spiro atoms. The predicted octanol–water partition coefficient (Wildman–Crippen LogP) is 2.72. The van der Waals surface area contributed by atoms with Gasteiger partial charge in [-0.1, -0.05) is 19.1 Å². The van der Waals surface area contributed by atoms with Crippen LogP contribution >= 0.6 is 0 Å². The van der Waals surface area contributed by atoms with Crippen LogP contribution in [0.2, 0.25) is 0 Å². The average molecular weight is 336 g/mol. The number of hydrogen-bond donors (Lipinski definition) is 1. The molecule has 0 fully saturated rings. The van der Waals surface area contributed by atoms with E-state index < -0.39 is 11.7 Å². The summed E-state index contributed by atoms with van der Waals surface area (Å²) in [6, 6.07) is 10.1. The molecule has 0 aliphatic carbocycles. The van der Waals surface area contributed by atoms with Gasteiger partial charge in [0.25, 0.3) is 5.91 Å². The minimum Gasteiger partial charge on any atom is -0.352 e. The summed E-state index contributed by atoms with van der Waals surface area (Å²) in [6.07, 6.45) is 0.824. The van der Waals surface area contributed by atoms with Gasteiger partial charge >= 0.3 is 0 Å². The van der Waals surface area contributed by atoms with E-state index in [4.69, 9.17) is 0 Å². The van der Waals surface area contributed by atoms with E-state index in [2.05, 4.69) is 15.3 Å². The molecule has 1 aromatic carbocycles. The molecule has 0 saturated heterocycles. The highest BCUT2D eigenvalue weighted by Gasteiger charge is 2.25. The molecule has 6 nitrogen and oxygen atoms in total. The number of aromatic nitrogens is 2. The van der Waals surface area contributed by atoms with Crippen LogP contribution in [-0.4, -0.2) is 28.2 Å². The van der Waals surface area contributed by atoms with Crippen molar-refractivity contribution in [2.75, 3.05) is 6.54 Å². The molecule has 25 heavy (non-hydrogen) atoms. The second-order valence-corrected chi connectivity index (χ2v) is 5.77. The van der Waals surface area contributed by atoms with Crippen molar-refractivity contribution >= 4 is 11.7 Å². The van der Waals surface area contributed by atoms with Gasteiger partial charge in [0, 0.05) is 29.1 Å². The van der Waals surface area contributed by atoms with Gasteiger partial charge in [-0.2, -0.15) is 5.26 Å². The van der Waals surface area contributed by atoms with Gasteiger partial charge in [-0.3, -0.25) is 9.59 Å². The van der Waals surface area contributed by atoms with Gasteiger partial charge in [-0.15, -0.1) is 0 Å². The lowest BCUT2D eigenvalue weighted by atomic mass is 9.96. The Balaban J connectivity index is 2.32. The van der Waals surface area contributed by atoms with Crippen LogP contribution in [0, 0.1) is 25.2 Å². The van der Waals surface area contributed by atoms with Crippen LogP contribution < -0.4 is 5.32 Å². The summed E-state index contributed by atoms with van der Waals surface area (Å²) in [6.45, 7) is 6.10. The molecule has 1 amide bonds. The fourth-order valence-corrected chi connectivity index (χ4v) is 2.44. The number of nitrogens with zero attached hydrogens (tertiary/aromatic N) is 3. The van der Waals surface area contributed by atoms with Gasteiger partial charge in [-0.05, 0) is 38.5 Å². The number of benzene rings is 1. The van der Waals surface area contributed by atoms with Crippen molar-refractivity contribution in [3.05, 3.63) is 58.7 Å². The summed E-state index contributed by atoms with van der Waals surface area (Å²) in [5.74, 6) is -1.58. The van der Waals surface area contributed by atoms with E-state index >= 15 is 0 Å². The average Bonchev–Trinajstić information content (AvgIpc) is 2.59. The molecule has 0 unspecified atom stereocenters. The molecule has 128 valence electrons. The predicted molar refractivity (Wildman–Crippen MR) is 93.3 cm³/mol. The second-order valence-electron chi connectivity index (χ2n) is 5.77. The van der Waals surface area contributed by atoms with E-state index in [1.807, 2.05) is 13.0 Å². The third-order valence-corrected chi connectivity index (χ3v) is 3.59. The number of aryl methyl sites for hydroxylation is 2. The Hall–Kier alpha value is -3.07. The van der Waals surface area contributed by atoms with Gasteiger partial charge in [0.05, 0.1) is 6.07 Å². The third kappa shape index (κ3) is 4.48. The van der Waals surface area contributed by atoms with E-state index in [1.54, 1.807) is 38.1 Å². The Bertz CT molecular complexity index is 819. The number of carbonyl (C=O) groups is 2. The third-order valence-electron chi connectivity index (χ3n) is 3.59. The van der Waals surface area contributed by atoms with Gasteiger partial charge in [0.15, 0.2) is 17.5 Å². The zero-order chi connectivity index (χ0) is 18.4. The van der Waals surface area contributed by atoms with Crippen molar-refractivity contribution < 1.29 is 9.59 Å². The summed E-state index contributed by atoms with van der Waals surface area (Å²) in [7, 11) is 0. The van der Waals surface area contributed by atoms with E-state index in [0.717, 1.165) is 6.42 Å². The first kappa shape index (κ1) is 18.3. The van der Waals surface area contributed by atoms with E-state index in [1.165, 1.54) is 6.07 Å². The molecule has 1 aromatic heterocycles. The quantitative estimate of drug-likeness (QED) is 0.818. The molecule has 0 bridgehead atoms. The van der Waals surface area contributed by atoms with E-state index in [9.17, 15) is 14.9 Å². The fourth-order valence-electron chi connectivity index (χ4n) is 2.44. The Kier molecular flexibility index (Phi) is 5.96. The molecular weight excluding hydrogens is 316 g/mol. The number of nitriles is 1. The number of nitrogens with one attached hydrogen (secondary N) is 1. The molecule has 1 heterocycles. The molecular formula is C19H20N4O2. The highest BCUT2D eigenvalue weighted by Crippen LogP contribution is 2.19. The Morgan fingerprint density at radius 3 is 2.40 bits per heavy atom. The van der Waals surface area contributed by atoms with Crippen LogP contribution in [-0.2, 0) is 0 Å². The maximum Gasteiger partial charge on any atom is 0.251 e. The molecule has 0 saturated carbocycles. The van der Waals surface area contributed by atoms with Crippen molar-refractivity contribution in [1.29, 1.82) is 5.26 Å². The molecule has 6 heteroatoms. The lowest BCUT2D eigenvalue weighted by Gasteiger charge is -2.10. The molecule has 2 rings (SSSR count). The number of amides is 1. The van der Waals surface area contributed by atoms with E-state index in [-0.39, 0.29) is 11.7 Å². The molecule has 0 aliphatic heterocycles. The van der Waals surface area contributed by atoms with Gasteiger partial charge in [0.2, 0.25) is 0 Å². The summed E-state index contributed by atoms with van der Waals surface area (Å²) >= 11 is 0. The van der Waals surface area contributed by atoms with Crippen LogP contribution in [0.4, 0.5) is 0 Å². The highest BCUT2D eigenvalue weighted by atomic mass is 16.1. The SMILES string of the molecule is CCCNC(=O)c1cccc(C(=O)[C@H](C#N)c2nc(C)cc(C)n2)c1. The van der Waals surface area contributed by atoms with Gasteiger partial charge in [0.1, 0.15) is 0 Å². The molecule has 1 atom stereocenters. The number of hydrogen-bond acceptors (Lipinski definition) is 5. The van der Waals surface area contributed by atoms with Crippen LogP contribution in [0.1, 0.15) is 57.2 Å². The van der Waals surface area contributed by atoms with Gasteiger partial charge in [-0.25, -0.2) is 9.97 Å². The fraction of sp³-hybridized carbons (Fsp3) is 0.316. The van der Waals surface area contributed by atoms with Crippen LogP contribution in [0.15, 0.2) is 30.3 Å². The van der Waals surface area contributed by atoms with Crippen molar-refractivity contribution in [1.82, 2.24) is 15.3 Å². The molecule has 1 N–H and O–H groups in total. The smallest absolute Gasteiger partial charge is 0.251 e. The topological polar surface area (TPSA) is 95.7 Å². The maximum absolute atomic E-state index is 12.8. The lowest BCUT2D eigenvalue weighted by molar-refractivity contribution is 0.0953. The summed E-state index contributed by atoms with van der Waals surface area (Å²) in [4.78, 5) is 33.3. The van der Waals surface area contributed by atoms with Crippen molar-refractivity contribution in [2.24, 2.45) is 0 Å². The highest BCUT2D eigenvalue weighted by molar-refractivity contribution is 6.04. The number of rotatable bonds is 6. The normalized spacial score (nSPS) is 11.4. The summed E-state index contributed by atoms with van der Waals surface area (Å²) in [5, 5.41) is 12.2. The van der Waals surface area contributed by atoms with Gasteiger partial charge < -0.3 is 5.32 Å². The second kappa shape index (κ2) is 8.15. The van der Waals surface area contributed by atoms with Crippen LogP contribution in [0.5, 0.6) is 0 Å². The first-order chi connectivity index (χ1) is 12.0. The number of ketones is 1. The zero-order valence-corrected chi connectivity index (χ0v) is 14.5. The standard InChI is InChI=1S/C19H20N4O2/c1-4-8-21-19(25)15-7-5-6-14(10-15)17(24)16(11-20)18-22-12(2)9-13(3)23-18/h5-7,9-10,16H,4,8H2,1-3H3,(H,21,25)/t16-/m0/s1. The number of Topliss-reactive ketones (excluding diaryl/α,β-unsaturated/α-hetero) is 1. The molecule has 0 aliphatic rings.